The molecule has 0 aromatic heterocycles. The topological polar surface area (TPSA) is 37.3 Å². The third kappa shape index (κ3) is 1.90. The van der Waals surface area contributed by atoms with Crippen molar-refractivity contribution in [3.05, 3.63) is 12.2 Å². The van der Waals surface area contributed by atoms with Crippen LogP contribution >= 0.6 is 0 Å². The van der Waals surface area contributed by atoms with Crippen molar-refractivity contribution in [1.29, 1.82) is 0 Å². The Balaban J connectivity index is 1.71. The van der Waals surface area contributed by atoms with Crippen molar-refractivity contribution in [2.45, 2.75) is 72.1 Å². The molecule has 0 aliphatic heterocycles. The zero-order chi connectivity index (χ0) is 16.6. The average Bonchev–Trinajstić information content (AvgIpc) is 2.75. The van der Waals surface area contributed by atoms with Crippen molar-refractivity contribution in [3.8, 4) is 0 Å². The summed E-state index contributed by atoms with van der Waals surface area (Å²) in [5.41, 5.74) is 2.42. The van der Waals surface area contributed by atoms with E-state index in [0.29, 0.717) is 16.7 Å². The van der Waals surface area contributed by atoms with E-state index in [-0.39, 0.29) is 11.3 Å². The molecule has 128 valence electrons. The van der Waals surface area contributed by atoms with Crippen LogP contribution in [0.15, 0.2) is 12.2 Å². The summed E-state index contributed by atoms with van der Waals surface area (Å²) in [5, 5.41) is 9.65. The Labute approximate surface area is 140 Å². The Morgan fingerprint density at radius 3 is 2.52 bits per heavy atom. The van der Waals surface area contributed by atoms with E-state index in [2.05, 4.69) is 27.4 Å². The highest BCUT2D eigenvalue weighted by Crippen LogP contribution is 2.72. The molecule has 4 rings (SSSR count). The van der Waals surface area contributed by atoms with Crippen molar-refractivity contribution >= 4 is 5.97 Å². The van der Waals surface area contributed by atoms with E-state index in [4.69, 9.17) is 0 Å². The molecule has 1 spiro atoms. The summed E-state index contributed by atoms with van der Waals surface area (Å²) in [6, 6.07) is 0. The highest BCUT2D eigenvalue weighted by Gasteiger charge is 2.65. The molecular formula is C21H32O2. The quantitative estimate of drug-likeness (QED) is 0.668. The molecule has 0 aromatic carbocycles. The smallest absolute Gasteiger partial charge is 0.306 e. The number of carbonyl (C=O) groups is 1. The van der Waals surface area contributed by atoms with Crippen LogP contribution in [0.4, 0.5) is 0 Å². The molecule has 0 heterocycles. The maximum absolute atomic E-state index is 11.7. The first-order valence-electron chi connectivity index (χ1n) is 9.62. The minimum absolute atomic E-state index is 0.0632. The first-order valence-corrected chi connectivity index (χ1v) is 9.62. The molecule has 4 aliphatic carbocycles. The fraction of sp³-hybridized carbons (Fsp3) is 0.857. The van der Waals surface area contributed by atoms with Gasteiger partial charge < -0.3 is 5.11 Å². The normalized spacial score (nSPS) is 51.0. The first-order chi connectivity index (χ1) is 10.7. The highest BCUT2D eigenvalue weighted by atomic mass is 16.4. The summed E-state index contributed by atoms with van der Waals surface area (Å²) in [6.45, 7) is 11.8. The second kappa shape index (κ2) is 4.64. The predicted octanol–water partition coefficient (Wildman–Crippen LogP) is 5.29. The molecule has 2 bridgehead atoms. The molecule has 2 heteroatoms. The van der Waals surface area contributed by atoms with E-state index in [1.807, 2.05) is 0 Å². The van der Waals surface area contributed by atoms with E-state index in [1.165, 1.54) is 44.1 Å². The zero-order valence-corrected chi connectivity index (χ0v) is 15.0. The molecule has 6 unspecified atom stereocenters. The van der Waals surface area contributed by atoms with Crippen LogP contribution in [0.3, 0.4) is 0 Å². The number of carboxylic acid groups (broad SMARTS) is 1. The molecule has 0 saturated heterocycles. The van der Waals surface area contributed by atoms with Crippen LogP contribution in [0.1, 0.15) is 72.1 Å². The van der Waals surface area contributed by atoms with Gasteiger partial charge in [-0.1, -0.05) is 32.9 Å². The van der Waals surface area contributed by atoms with Gasteiger partial charge in [0.25, 0.3) is 0 Å². The molecule has 2 nitrogen and oxygen atoms in total. The Bertz CT molecular complexity index is 562. The first kappa shape index (κ1) is 15.7. The number of carboxylic acids is 1. The SMILES string of the molecule is C=C1CCC2(C)C3CCC4CC3(CCC2C1(C)C)CC4C(=O)O. The van der Waals surface area contributed by atoms with Gasteiger partial charge in [0.05, 0.1) is 5.92 Å². The highest BCUT2D eigenvalue weighted by molar-refractivity contribution is 5.71. The number of hydrogen-bond acceptors (Lipinski definition) is 1. The molecule has 4 aliphatic rings. The van der Waals surface area contributed by atoms with Crippen LogP contribution in [0.5, 0.6) is 0 Å². The Hall–Kier alpha value is -0.790. The molecule has 4 saturated carbocycles. The minimum Gasteiger partial charge on any atom is -0.481 e. The van der Waals surface area contributed by atoms with E-state index >= 15 is 0 Å². The molecule has 23 heavy (non-hydrogen) atoms. The van der Waals surface area contributed by atoms with Gasteiger partial charge in [-0.25, -0.2) is 0 Å². The second-order valence-electron chi connectivity index (χ2n) is 10.0. The van der Waals surface area contributed by atoms with Crippen LogP contribution in [0.25, 0.3) is 0 Å². The number of hydrogen-bond donors (Lipinski definition) is 1. The van der Waals surface area contributed by atoms with Crippen LogP contribution in [0, 0.1) is 39.9 Å². The maximum Gasteiger partial charge on any atom is 0.306 e. The number of allylic oxidation sites excluding steroid dienone is 1. The fourth-order valence-corrected chi connectivity index (χ4v) is 7.85. The van der Waals surface area contributed by atoms with Crippen molar-refractivity contribution in [1.82, 2.24) is 0 Å². The zero-order valence-electron chi connectivity index (χ0n) is 15.0. The van der Waals surface area contributed by atoms with Crippen LogP contribution < -0.4 is 0 Å². The number of fused-ring (bicyclic) bond motifs is 3. The summed E-state index contributed by atoms with van der Waals surface area (Å²) in [7, 11) is 0. The maximum atomic E-state index is 11.7. The number of rotatable bonds is 1. The minimum atomic E-state index is -0.530. The van der Waals surface area contributed by atoms with E-state index in [9.17, 15) is 9.90 Å². The van der Waals surface area contributed by atoms with Gasteiger partial charge in [0.1, 0.15) is 0 Å². The van der Waals surface area contributed by atoms with Crippen molar-refractivity contribution in [2.75, 3.05) is 0 Å². The average molecular weight is 316 g/mol. The van der Waals surface area contributed by atoms with Gasteiger partial charge >= 0.3 is 5.97 Å². The van der Waals surface area contributed by atoms with E-state index in [0.717, 1.165) is 24.7 Å². The summed E-state index contributed by atoms with van der Waals surface area (Å²) >= 11 is 0. The Morgan fingerprint density at radius 1 is 1.09 bits per heavy atom. The third-order valence-electron chi connectivity index (χ3n) is 9.02. The van der Waals surface area contributed by atoms with Gasteiger partial charge in [-0.15, -0.1) is 0 Å². The lowest BCUT2D eigenvalue weighted by Crippen LogP contribution is -2.56. The lowest BCUT2D eigenvalue weighted by Gasteiger charge is -2.64. The van der Waals surface area contributed by atoms with Gasteiger partial charge in [0, 0.05) is 0 Å². The predicted molar refractivity (Wildman–Crippen MR) is 92.0 cm³/mol. The van der Waals surface area contributed by atoms with Gasteiger partial charge in [-0.3, -0.25) is 4.79 Å². The van der Waals surface area contributed by atoms with Gasteiger partial charge in [-0.2, -0.15) is 0 Å². The largest absolute Gasteiger partial charge is 0.481 e. The summed E-state index contributed by atoms with van der Waals surface area (Å²) in [6.07, 6.45) is 9.54. The number of aliphatic carboxylic acids is 1. The van der Waals surface area contributed by atoms with Gasteiger partial charge in [0.15, 0.2) is 0 Å². The molecule has 0 aromatic rings. The Kier molecular flexibility index (Phi) is 3.17. The van der Waals surface area contributed by atoms with Crippen molar-refractivity contribution in [2.24, 2.45) is 39.9 Å². The van der Waals surface area contributed by atoms with Crippen molar-refractivity contribution < 1.29 is 9.90 Å². The summed E-state index contributed by atoms with van der Waals surface area (Å²) < 4.78 is 0. The van der Waals surface area contributed by atoms with Crippen molar-refractivity contribution in [3.63, 3.8) is 0 Å². The van der Waals surface area contributed by atoms with Gasteiger partial charge in [-0.05, 0) is 85.4 Å². The molecule has 1 N–H and O–H groups in total. The van der Waals surface area contributed by atoms with E-state index < -0.39 is 5.97 Å². The third-order valence-corrected chi connectivity index (χ3v) is 9.02. The second-order valence-corrected chi connectivity index (χ2v) is 10.0. The lowest BCUT2D eigenvalue weighted by molar-refractivity contribution is -0.143. The van der Waals surface area contributed by atoms with Gasteiger partial charge in [0.2, 0.25) is 0 Å². The lowest BCUT2D eigenvalue weighted by atomic mass is 9.40. The van der Waals surface area contributed by atoms with Crippen LogP contribution in [0.2, 0.25) is 0 Å². The molecule has 4 fully saturated rings. The fourth-order valence-electron chi connectivity index (χ4n) is 7.85. The van der Waals surface area contributed by atoms with E-state index in [1.54, 1.807) is 0 Å². The standard InChI is InChI=1S/C21H32O2/c1-13-7-9-20(4)16(19(13,2)3)8-10-21-11-14(5-6-17(20)21)15(12-21)18(22)23/h14-17H,1,5-12H2,2-4H3,(H,22,23). The monoisotopic (exact) mass is 316 g/mol. The van der Waals surface area contributed by atoms with Crippen LogP contribution in [-0.2, 0) is 4.79 Å². The summed E-state index contributed by atoms with van der Waals surface area (Å²) in [5.74, 6) is 1.33. The molecule has 0 radical (unpaired) electrons. The molecule has 0 amide bonds. The Morgan fingerprint density at radius 2 is 1.83 bits per heavy atom. The molecule has 6 atom stereocenters. The summed E-state index contributed by atoms with van der Waals surface area (Å²) in [4.78, 5) is 11.7. The molecular weight excluding hydrogens is 284 g/mol. The van der Waals surface area contributed by atoms with Crippen LogP contribution in [-0.4, -0.2) is 11.1 Å².